The van der Waals surface area contributed by atoms with Gasteiger partial charge in [0.25, 0.3) is 0 Å². The molecule has 0 saturated carbocycles. The summed E-state index contributed by atoms with van der Waals surface area (Å²) in [5, 5.41) is 7.36. The van der Waals surface area contributed by atoms with Gasteiger partial charge in [-0.1, -0.05) is 102 Å². The maximum Gasteiger partial charge on any atom is 2.00 e. The molecule has 7 rings (SSSR count). The third-order valence-corrected chi connectivity index (χ3v) is 10.6. The average Bonchev–Trinajstić information content (AvgIpc) is 3.62. The number of ether oxygens (including phenoxy) is 1. The first-order valence-electron chi connectivity index (χ1n) is 19.4. The zero-order valence-corrected chi connectivity index (χ0v) is 35.2. The fourth-order valence-corrected chi connectivity index (χ4v) is 7.91. The van der Waals surface area contributed by atoms with E-state index in [4.69, 9.17) is 14.8 Å². The van der Waals surface area contributed by atoms with E-state index in [0.29, 0.717) is 29.3 Å². The van der Waals surface area contributed by atoms with Crippen LogP contribution >= 0.6 is 0 Å². The van der Waals surface area contributed by atoms with Crippen LogP contribution in [0.1, 0.15) is 94.3 Å². The number of benzene rings is 4. The van der Waals surface area contributed by atoms with Gasteiger partial charge in [0.15, 0.2) is 0 Å². The van der Waals surface area contributed by atoms with Gasteiger partial charge < -0.3 is 9.30 Å². The van der Waals surface area contributed by atoms with E-state index >= 15 is 0 Å². The molecule has 7 aromatic rings. The van der Waals surface area contributed by atoms with E-state index in [-0.39, 0.29) is 21.1 Å². The quantitative estimate of drug-likeness (QED) is 0.108. The van der Waals surface area contributed by atoms with Crippen LogP contribution in [0.3, 0.4) is 0 Å². The molecular formula is C48H52N4OPt. The summed E-state index contributed by atoms with van der Waals surface area (Å²) in [5.74, 6) is 3.92. The second-order valence-electron chi connectivity index (χ2n) is 15.5. The fourth-order valence-electron chi connectivity index (χ4n) is 7.91. The van der Waals surface area contributed by atoms with E-state index in [0.717, 1.165) is 68.8 Å². The summed E-state index contributed by atoms with van der Waals surface area (Å²) in [4.78, 5) is 4.83. The zero-order chi connectivity index (χ0) is 37.2. The maximum atomic E-state index is 6.71. The molecule has 54 heavy (non-hydrogen) atoms. The molecule has 0 radical (unpaired) electrons. The molecule has 3 heterocycles. The van der Waals surface area contributed by atoms with Gasteiger partial charge in [-0.05, 0) is 97.3 Å². The largest absolute Gasteiger partial charge is 2.00 e. The number of fused-ring (bicyclic) bond motifs is 3. The Balaban J connectivity index is 0.00000497. The van der Waals surface area contributed by atoms with Crippen LogP contribution in [-0.4, -0.2) is 19.3 Å². The molecule has 0 bridgehead atoms. The minimum absolute atomic E-state index is 0. The van der Waals surface area contributed by atoms with E-state index in [9.17, 15) is 0 Å². The van der Waals surface area contributed by atoms with Gasteiger partial charge in [0.2, 0.25) is 0 Å². The summed E-state index contributed by atoms with van der Waals surface area (Å²) in [6.45, 7) is 17.9. The van der Waals surface area contributed by atoms with Crippen molar-refractivity contribution in [2.45, 2.75) is 93.4 Å². The Hall–Kier alpha value is -4.47. The van der Waals surface area contributed by atoms with Gasteiger partial charge in [0, 0.05) is 34.5 Å². The van der Waals surface area contributed by atoms with Crippen LogP contribution < -0.4 is 4.74 Å². The number of nitrogens with zero attached hydrogens (tertiary/aromatic N) is 4. The van der Waals surface area contributed by atoms with Crippen LogP contribution in [0.5, 0.6) is 11.5 Å². The summed E-state index contributed by atoms with van der Waals surface area (Å²) < 4.78 is 11.0. The standard InChI is InChI=1S/C48H52N4O.Pt/c1-9-13-32(4)24-34(6)39-18-21-45-44(28-39)43-20-19-41(30-46(43)51(45)47-25-33(5)22-23-49-47)53-42-27-37(17-16-31(2)3)26-40(29-42)52-36(8)48(35(7)50-52)38-14-11-10-12-15-38;/h10-12,14-15,18-23,25-28,31-32,34H,9,13,16-17,24H2,1-8H3;/q-2;+2. The van der Waals surface area contributed by atoms with Crippen LogP contribution in [-0.2, 0) is 27.5 Å². The second-order valence-corrected chi connectivity index (χ2v) is 15.5. The summed E-state index contributed by atoms with van der Waals surface area (Å²) in [7, 11) is 0. The number of aromatic nitrogens is 4. The molecule has 0 aliphatic carbocycles. The van der Waals surface area contributed by atoms with Crippen LogP contribution in [0.15, 0.2) is 91.1 Å². The fraction of sp³-hybridized carbons (Fsp3) is 0.333. The van der Waals surface area contributed by atoms with Crippen molar-refractivity contribution in [2.24, 2.45) is 11.8 Å². The van der Waals surface area contributed by atoms with Crippen molar-refractivity contribution in [1.82, 2.24) is 19.3 Å². The Morgan fingerprint density at radius 1 is 0.796 bits per heavy atom. The molecular weight excluding hydrogens is 844 g/mol. The summed E-state index contributed by atoms with van der Waals surface area (Å²) in [5.41, 5.74) is 11.0. The first-order chi connectivity index (χ1) is 25.6. The Morgan fingerprint density at radius 3 is 2.33 bits per heavy atom. The van der Waals surface area contributed by atoms with E-state index in [1.54, 1.807) is 0 Å². The van der Waals surface area contributed by atoms with Crippen molar-refractivity contribution in [2.75, 3.05) is 0 Å². The van der Waals surface area contributed by atoms with Crippen molar-refractivity contribution in [3.8, 4) is 34.1 Å². The zero-order valence-electron chi connectivity index (χ0n) is 32.9. The molecule has 0 amide bonds. The van der Waals surface area contributed by atoms with Crippen LogP contribution in [0, 0.1) is 44.7 Å². The van der Waals surface area contributed by atoms with E-state index in [1.807, 2.05) is 29.1 Å². The van der Waals surface area contributed by atoms with Gasteiger partial charge in [-0.25, -0.2) is 4.98 Å². The van der Waals surface area contributed by atoms with Crippen LogP contribution in [0.4, 0.5) is 0 Å². The molecule has 4 aromatic carbocycles. The average molecular weight is 896 g/mol. The van der Waals surface area contributed by atoms with Crippen molar-refractivity contribution in [3.05, 3.63) is 131 Å². The minimum atomic E-state index is 0. The molecule has 6 heteroatoms. The van der Waals surface area contributed by atoms with Crippen molar-refractivity contribution in [3.63, 3.8) is 0 Å². The number of aryl methyl sites for hydroxylation is 3. The molecule has 0 aliphatic heterocycles. The van der Waals surface area contributed by atoms with Gasteiger partial charge in [-0.3, -0.25) is 4.68 Å². The molecule has 0 saturated heterocycles. The summed E-state index contributed by atoms with van der Waals surface area (Å²) in [6.07, 6.45) is 7.57. The first kappa shape index (κ1) is 39.2. The number of hydrogen-bond acceptors (Lipinski definition) is 3. The Kier molecular flexibility index (Phi) is 12.3. The molecule has 2 unspecified atom stereocenters. The van der Waals surface area contributed by atoms with E-state index in [2.05, 4.69) is 139 Å². The molecule has 0 spiro atoms. The molecule has 5 nitrogen and oxygen atoms in total. The van der Waals surface area contributed by atoms with E-state index < -0.39 is 0 Å². The van der Waals surface area contributed by atoms with Gasteiger partial charge in [0.1, 0.15) is 5.82 Å². The monoisotopic (exact) mass is 895 g/mol. The Labute approximate surface area is 336 Å². The Morgan fingerprint density at radius 2 is 1.59 bits per heavy atom. The van der Waals surface area contributed by atoms with Gasteiger partial charge in [0.05, 0.1) is 5.69 Å². The number of rotatable bonds is 13. The topological polar surface area (TPSA) is 44.9 Å². The predicted octanol–water partition coefficient (Wildman–Crippen LogP) is 12.9. The Bertz CT molecular complexity index is 2370. The van der Waals surface area contributed by atoms with Crippen molar-refractivity contribution in [1.29, 1.82) is 0 Å². The first-order valence-corrected chi connectivity index (χ1v) is 19.4. The predicted molar refractivity (Wildman–Crippen MR) is 220 cm³/mol. The van der Waals surface area contributed by atoms with Gasteiger partial charge >= 0.3 is 21.1 Å². The molecule has 280 valence electrons. The number of hydrogen-bond donors (Lipinski definition) is 0. The smallest absolute Gasteiger partial charge is 0.509 e. The van der Waals surface area contributed by atoms with Gasteiger partial charge in [-0.2, -0.15) is 16.7 Å². The summed E-state index contributed by atoms with van der Waals surface area (Å²) >= 11 is 0. The molecule has 0 fully saturated rings. The number of pyridine rings is 1. The minimum Gasteiger partial charge on any atom is -0.509 e. The third kappa shape index (κ3) is 8.27. The normalized spacial score (nSPS) is 12.7. The summed E-state index contributed by atoms with van der Waals surface area (Å²) in [6, 6.07) is 37.4. The molecule has 3 aromatic heterocycles. The van der Waals surface area contributed by atoms with Gasteiger partial charge in [-0.15, -0.1) is 35.7 Å². The van der Waals surface area contributed by atoms with E-state index in [1.165, 1.54) is 35.8 Å². The SMILES string of the molecule is CCCC(C)CC(C)c1ccc2c(c1)c1ccc(Oc3[c-]c(-n4nc(C)c(-c5ccccc5)c4C)cc(CCC(C)C)c3)[c-]c1n2-c1cc(C)ccn1.[Pt+2]. The molecule has 0 N–H and O–H groups in total. The van der Waals surface area contributed by atoms with Crippen molar-refractivity contribution < 1.29 is 25.8 Å². The molecule has 0 aliphatic rings. The van der Waals surface area contributed by atoms with Crippen LogP contribution in [0.25, 0.3) is 44.4 Å². The van der Waals surface area contributed by atoms with Crippen LogP contribution in [0.2, 0.25) is 0 Å². The van der Waals surface area contributed by atoms with Crippen molar-refractivity contribution >= 4 is 21.8 Å². The molecule has 2 atom stereocenters. The second kappa shape index (κ2) is 16.9. The maximum absolute atomic E-state index is 6.71. The third-order valence-electron chi connectivity index (χ3n) is 10.6.